The third kappa shape index (κ3) is 6.12. The summed E-state index contributed by atoms with van der Waals surface area (Å²) < 4.78 is 21.4. The van der Waals surface area contributed by atoms with E-state index in [1.165, 1.54) is 6.07 Å². The molecule has 1 saturated heterocycles. The molecular formula is C34H42FN7O2S. The van der Waals surface area contributed by atoms with Crippen molar-refractivity contribution < 1.29 is 14.2 Å². The first kappa shape index (κ1) is 30.0. The molecule has 4 heterocycles. The van der Waals surface area contributed by atoms with Crippen molar-refractivity contribution in [1.82, 2.24) is 19.9 Å². The van der Waals surface area contributed by atoms with E-state index in [2.05, 4.69) is 38.7 Å². The number of halogens is 1. The Labute approximate surface area is 268 Å². The van der Waals surface area contributed by atoms with E-state index in [-0.39, 0.29) is 17.0 Å². The highest BCUT2D eigenvalue weighted by molar-refractivity contribution is 7.13. The summed E-state index contributed by atoms with van der Waals surface area (Å²) in [6, 6.07) is 7.17. The Morgan fingerprint density at radius 3 is 2.62 bits per heavy atom. The lowest BCUT2D eigenvalue weighted by Crippen LogP contribution is -2.36. The number of anilines is 3. The zero-order chi connectivity index (χ0) is 31.1. The van der Waals surface area contributed by atoms with Crippen LogP contribution in [0.1, 0.15) is 43.0 Å². The Bertz CT molecular complexity index is 1680. The molecule has 4 aromatic rings. The molecule has 2 aromatic carbocycles. The van der Waals surface area contributed by atoms with E-state index in [4.69, 9.17) is 14.7 Å². The molecule has 238 valence electrons. The molecule has 9 nitrogen and oxygen atoms in total. The fourth-order valence-corrected chi connectivity index (χ4v) is 7.79. The van der Waals surface area contributed by atoms with Gasteiger partial charge in [0.05, 0.1) is 18.8 Å². The topological polar surface area (TPSA) is 81.1 Å². The predicted molar refractivity (Wildman–Crippen MR) is 179 cm³/mol. The Morgan fingerprint density at radius 1 is 1.04 bits per heavy atom. The quantitative estimate of drug-likeness (QED) is 0.258. The van der Waals surface area contributed by atoms with Crippen molar-refractivity contribution in [2.75, 3.05) is 74.7 Å². The number of aromatic nitrogens is 3. The van der Waals surface area contributed by atoms with Gasteiger partial charge in [-0.1, -0.05) is 13.0 Å². The Balaban J connectivity index is 1.23. The zero-order valence-electron chi connectivity index (χ0n) is 26.4. The number of thiazole rings is 1. The summed E-state index contributed by atoms with van der Waals surface area (Å²) in [6.45, 7) is 8.38. The van der Waals surface area contributed by atoms with Gasteiger partial charge in [-0.2, -0.15) is 9.97 Å². The van der Waals surface area contributed by atoms with Gasteiger partial charge < -0.3 is 29.4 Å². The van der Waals surface area contributed by atoms with E-state index < -0.39 is 0 Å². The first-order chi connectivity index (χ1) is 21.8. The fourth-order valence-electron chi connectivity index (χ4n) is 7.10. The highest BCUT2D eigenvalue weighted by Gasteiger charge is 2.44. The molecule has 2 aromatic heterocycles. The van der Waals surface area contributed by atoms with Gasteiger partial charge in [-0.15, -0.1) is 11.3 Å². The average molecular weight is 632 g/mol. The van der Waals surface area contributed by atoms with E-state index in [0.29, 0.717) is 37.7 Å². The lowest BCUT2D eigenvalue weighted by Gasteiger charge is -2.34. The van der Waals surface area contributed by atoms with Crippen LogP contribution in [-0.2, 0) is 19.4 Å². The van der Waals surface area contributed by atoms with Crippen LogP contribution >= 0.6 is 11.3 Å². The largest absolute Gasteiger partial charge is 0.508 e. The van der Waals surface area contributed by atoms with Crippen LogP contribution in [0, 0.1) is 11.2 Å². The van der Waals surface area contributed by atoms with Gasteiger partial charge in [-0.25, -0.2) is 9.37 Å². The lowest BCUT2D eigenvalue weighted by molar-refractivity contribution is 0.182. The number of aryl methyl sites for hydroxylation is 1. The van der Waals surface area contributed by atoms with Gasteiger partial charge in [0.25, 0.3) is 0 Å². The average Bonchev–Trinajstić information content (AvgIpc) is 3.65. The summed E-state index contributed by atoms with van der Waals surface area (Å²) in [4.78, 5) is 23.9. The molecule has 0 spiro atoms. The number of ether oxygens (including phenoxy) is 1. The maximum atomic E-state index is 15.0. The number of hydrogen-bond acceptors (Lipinski definition) is 10. The van der Waals surface area contributed by atoms with Crippen LogP contribution in [0.15, 0.2) is 35.8 Å². The molecule has 0 atom stereocenters. The molecule has 45 heavy (non-hydrogen) atoms. The van der Waals surface area contributed by atoms with E-state index in [9.17, 15) is 5.11 Å². The minimum atomic E-state index is -0.214. The predicted octanol–water partition coefficient (Wildman–Crippen LogP) is 5.49. The Hall–Kier alpha value is -3.70. The number of phenols is 1. The van der Waals surface area contributed by atoms with Gasteiger partial charge in [0.2, 0.25) is 0 Å². The fraction of sp³-hybridized carbons (Fsp3) is 0.500. The molecule has 0 radical (unpaired) electrons. The maximum absolute atomic E-state index is 15.0. The first-order valence-corrected chi connectivity index (χ1v) is 17.0. The summed E-state index contributed by atoms with van der Waals surface area (Å²) >= 11 is 1.68. The number of nitrogens with zero attached hydrogens (tertiary/aromatic N) is 7. The van der Waals surface area contributed by atoms with Gasteiger partial charge in [0, 0.05) is 79.0 Å². The molecule has 1 saturated carbocycles. The van der Waals surface area contributed by atoms with Gasteiger partial charge >= 0.3 is 6.01 Å². The summed E-state index contributed by atoms with van der Waals surface area (Å²) in [5, 5.41) is 15.5. The molecule has 0 amide bonds. The third-order valence-corrected chi connectivity index (χ3v) is 10.3. The zero-order valence-corrected chi connectivity index (χ0v) is 27.2. The van der Waals surface area contributed by atoms with Crippen LogP contribution in [0.2, 0.25) is 0 Å². The summed E-state index contributed by atoms with van der Waals surface area (Å²) in [6.07, 6.45) is 6.49. The number of hydrogen-bond donors (Lipinski definition) is 1. The van der Waals surface area contributed by atoms with Crippen LogP contribution in [0.5, 0.6) is 11.8 Å². The van der Waals surface area contributed by atoms with Crippen molar-refractivity contribution in [2.24, 2.45) is 5.41 Å². The summed E-state index contributed by atoms with van der Waals surface area (Å²) in [5.41, 5.74) is 3.76. The highest BCUT2D eigenvalue weighted by Crippen LogP contribution is 2.46. The van der Waals surface area contributed by atoms with Crippen LogP contribution in [0.25, 0.3) is 10.8 Å². The van der Waals surface area contributed by atoms with Crippen molar-refractivity contribution in [3.05, 3.63) is 58.5 Å². The minimum absolute atomic E-state index is 0.160. The Kier molecular flexibility index (Phi) is 8.16. The standard InChI is InChI=1S/C34H42FN7O2S/c1-4-25-27(35)7-6-23-18-24(43)19-29(30(23)25)42-14-8-26-28(20-42)37-32(44-22-34(9-10-34)21-39(2)3)38-31(26)40-12-5-13-41(16-15-40)33-36-11-17-45-33/h6-7,11,17-19,43H,4-5,8-10,12-16,20-22H2,1-3H3. The van der Waals surface area contributed by atoms with Gasteiger partial charge in [0.15, 0.2) is 5.13 Å². The second-order valence-electron chi connectivity index (χ2n) is 13.0. The van der Waals surface area contributed by atoms with Crippen molar-refractivity contribution >= 4 is 38.7 Å². The van der Waals surface area contributed by atoms with E-state index in [1.54, 1.807) is 29.5 Å². The maximum Gasteiger partial charge on any atom is 0.318 e. The molecule has 0 bridgehead atoms. The third-order valence-electron chi connectivity index (χ3n) is 9.45. The van der Waals surface area contributed by atoms with E-state index >= 15 is 4.39 Å². The molecule has 2 fully saturated rings. The van der Waals surface area contributed by atoms with Crippen molar-refractivity contribution in [3.8, 4) is 11.8 Å². The number of benzene rings is 2. The summed E-state index contributed by atoms with van der Waals surface area (Å²) in [7, 11) is 4.22. The van der Waals surface area contributed by atoms with Crippen molar-refractivity contribution in [2.45, 2.75) is 45.6 Å². The van der Waals surface area contributed by atoms with Crippen LogP contribution in [0.3, 0.4) is 0 Å². The van der Waals surface area contributed by atoms with Gasteiger partial charge in [-0.05, 0) is 69.3 Å². The number of phenolic OH excluding ortho intramolecular Hbond substituents is 1. The second kappa shape index (κ2) is 12.2. The molecular weight excluding hydrogens is 589 g/mol. The van der Waals surface area contributed by atoms with Crippen LogP contribution in [0.4, 0.5) is 21.0 Å². The first-order valence-electron chi connectivity index (χ1n) is 16.1. The van der Waals surface area contributed by atoms with E-state index in [0.717, 1.165) is 97.1 Å². The molecule has 11 heteroatoms. The smallest absolute Gasteiger partial charge is 0.318 e. The summed E-state index contributed by atoms with van der Waals surface area (Å²) in [5.74, 6) is 0.929. The van der Waals surface area contributed by atoms with Gasteiger partial charge in [0.1, 0.15) is 17.4 Å². The van der Waals surface area contributed by atoms with Crippen LogP contribution in [-0.4, -0.2) is 84.9 Å². The molecule has 1 N–H and O–H groups in total. The van der Waals surface area contributed by atoms with Crippen molar-refractivity contribution in [3.63, 3.8) is 0 Å². The molecule has 2 aliphatic heterocycles. The lowest BCUT2D eigenvalue weighted by atomic mass is 9.97. The Morgan fingerprint density at radius 2 is 1.87 bits per heavy atom. The molecule has 0 unspecified atom stereocenters. The van der Waals surface area contributed by atoms with Gasteiger partial charge in [-0.3, -0.25) is 0 Å². The number of rotatable bonds is 9. The second-order valence-corrected chi connectivity index (χ2v) is 13.9. The molecule has 7 rings (SSSR count). The van der Waals surface area contributed by atoms with Crippen LogP contribution < -0.4 is 19.4 Å². The van der Waals surface area contributed by atoms with Crippen molar-refractivity contribution in [1.29, 1.82) is 0 Å². The number of aromatic hydroxyl groups is 1. The SMILES string of the molecule is CCc1c(F)ccc2cc(O)cc(N3CCc4c(nc(OCC5(CN(C)C)CC5)nc4N4CCCN(c5nccs5)CC4)C3)c12. The molecule has 3 aliphatic rings. The normalized spacial score (nSPS) is 17.9. The minimum Gasteiger partial charge on any atom is -0.508 e. The highest BCUT2D eigenvalue weighted by atomic mass is 32.1. The van der Waals surface area contributed by atoms with E-state index in [1.807, 2.05) is 18.5 Å². The number of fused-ring (bicyclic) bond motifs is 2. The monoisotopic (exact) mass is 631 g/mol. The molecule has 1 aliphatic carbocycles.